The molecule has 1 heterocycles. The van der Waals surface area contributed by atoms with Gasteiger partial charge in [-0.25, -0.2) is 0 Å². The number of rotatable bonds is 8. The van der Waals surface area contributed by atoms with Crippen molar-refractivity contribution in [2.45, 2.75) is 40.2 Å². The van der Waals surface area contributed by atoms with Gasteiger partial charge in [0.15, 0.2) is 0 Å². The molecule has 2 rings (SSSR count). The highest BCUT2D eigenvalue weighted by Gasteiger charge is 2.39. The summed E-state index contributed by atoms with van der Waals surface area (Å²) in [6, 6.07) is 8.98. The number of carbonyl (C=O) groups excluding carboxylic acids is 3. The standard InChI is InChI=1S/C22H33N3O3/c1-16(2)12-24(13-17(3)4)20(26)15-25-19(11-18-9-7-6-8-10-18)22(28)23(5)14-21(25)27/h6-10,16-17,19H,11-15H2,1-5H3/t19-/m0/s1. The summed E-state index contributed by atoms with van der Waals surface area (Å²) >= 11 is 0. The van der Waals surface area contributed by atoms with Crippen LogP contribution in [-0.4, -0.2) is 71.7 Å². The van der Waals surface area contributed by atoms with E-state index >= 15 is 0 Å². The summed E-state index contributed by atoms with van der Waals surface area (Å²) in [5, 5.41) is 0. The molecule has 1 aliphatic heterocycles. The van der Waals surface area contributed by atoms with Crippen molar-refractivity contribution < 1.29 is 14.4 Å². The largest absolute Gasteiger partial charge is 0.341 e. The third-order valence-electron chi connectivity index (χ3n) is 4.83. The first-order chi connectivity index (χ1) is 13.2. The number of hydrogen-bond donors (Lipinski definition) is 0. The molecule has 1 saturated heterocycles. The van der Waals surface area contributed by atoms with Crippen LogP contribution in [0.15, 0.2) is 30.3 Å². The van der Waals surface area contributed by atoms with E-state index in [4.69, 9.17) is 0 Å². The van der Waals surface area contributed by atoms with Crippen molar-refractivity contribution in [3.8, 4) is 0 Å². The third kappa shape index (κ3) is 5.81. The summed E-state index contributed by atoms with van der Waals surface area (Å²) in [6.45, 7) is 9.56. The highest BCUT2D eigenvalue weighted by atomic mass is 16.2. The van der Waals surface area contributed by atoms with E-state index in [0.717, 1.165) is 5.56 Å². The molecule has 1 fully saturated rings. The maximum Gasteiger partial charge on any atom is 0.245 e. The lowest BCUT2D eigenvalue weighted by Gasteiger charge is -2.39. The zero-order valence-electron chi connectivity index (χ0n) is 17.7. The molecule has 0 saturated carbocycles. The molecular weight excluding hydrogens is 354 g/mol. The maximum absolute atomic E-state index is 13.0. The number of likely N-dealkylation sites (N-methyl/N-ethyl adjacent to an activating group) is 1. The van der Waals surface area contributed by atoms with E-state index in [-0.39, 0.29) is 30.8 Å². The Kier molecular flexibility index (Phi) is 7.61. The Balaban J connectivity index is 2.21. The zero-order valence-corrected chi connectivity index (χ0v) is 17.7. The normalized spacial score (nSPS) is 17.6. The van der Waals surface area contributed by atoms with Crippen molar-refractivity contribution in [2.75, 3.05) is 33.2 Å². The minimum absolute atomic E-state index is 0.0196. The van der Waals surface area contributed by atoms with E-state index < -0.39 is 6.04 Å². The molecule has 0 aliphatic carbocycles. The van der Waals surface area contributed by atoms with Gasteiger partial charge in [0.05, 0.1) is 6.54 Å². The lowest BCUT2D eigenvalue weighted by molar-refractivity contribution is -0.157. The minimum Gasteiger partial charge on any atom is -0.341 e. The first-order valence-corrected chi connectivity index (χ1v) is 10.0. The molecule has 6 heteroatoms. The van der Waals surface area contributed by atoms with Crippen molar-refractivity contribution in [3.05, 3.63) is 35.9 Å². The zero-order chi connectivity index (χ0) is 20.8. The lowest BCUT2D eigenvalue weighted by atomic mass is 10.0. The van der Waals surface area contributed by atoms with E-state index in [1.807, 2.05) is 35.2 Å². The third-order valence-corrected chi connectivity index (χ3v) is 4.83. The molecule has 0 unspecified atom stereocenters. The van der Waals surface area contributed by atoms with Crippen molar-refractivity contribution in [2.24, 2.45) is 11.8 Å². The average molecular weight is 388 g/mol. The highest BCUT2D eigenvalue weighted by molar-refractivity contribution is 5.97. The maximum atomic E-state index is 13.0. The Morgan fingerprint density at radius 2 is 1.64 bits per heavy atom. The second-order valence-electron chi connectivity index (χ2n) is 8.51. The van der Waals surface area contributed by atoms with Gasteiger partial charge < -0.3 is 14.7 Å². The van der Waals surface area contributed by atoms with Gasteiger partial charge in [-0.05, 0) is 17.4 Å². The Bertz CT molecular complexity index is 678. The smallest absolute Gasteiger partial charge is 0.245 e. The van der Waals surface area contributed by atoms with Gasteiger partial charge in [0.2, 0.25) is 17.7 Å². The molecule has 0 spiro atoms. The van der Waals surface area contributed by atoms with Gasteiger partial charge in [0.1, 0.15) is 12.6 Å². The quantitative estimate of drug-likeness (QED) is 0.686. The molecule has 6 nitrogen and oxygen atoms in total. The van der Waals surface area contributed by atoms with Gasteiger partial charge in [0, 0.05) is 26.6 Å². The van der Waals surface area contributed by atoms with Gasteiger partial charge in [0.25, 0.3) is 0 Å². The molecule has 28 heavy (non-hydrogen) atoms. The second kappa shape index (κ2) is 9.71. The molecule has 0 aromatic heterocycles. The number of nitrogens with zero attached hydrogens (tertiary/aromatic N) is 3. The Morgan fingerprint density at radius 3 is 2.18 bits per heavy atom. The number of benzene rings is 1. The summed E-state index contributed by atoms with van der Waals surface area (Å²) in [7, 11) is 1.64. The number of piperazine rings is 1. The van der Waals surface area contributed by atoms with E-state index in [1.54, 1.807) is 7.05 Å². The van der Waals surface area contributed by atoms with Crippen LogP contribution in [0.1, 0.15) is 33.3 Å². The first kappa shape index (κ1) is 21.9. The minimum atomic E-state index is -0.641. The molecule has 1 atom stereocenters. The van der Waals surface area contributed by atoms with Crippen molar-refractivity contribution in [3.63, 3.8) is 0 Å². The summed E-state index contributed by atoms with van der Waals surface area (Å²) in [5.41, 5.74) is 0.975. The number of hydrogen-bond acceptors (Lipinski definition) is 3. The second-order valence-corrected chi connectivity index (χ2v) is 8.51. The molecule has 0 radical (unpaired) electrons. The molecular formula is C22H33N3O3. The Morgan fingerprint density at radius 1 is 1.07 bits per heavy atom. The molecule has 1 aromatic carbocycles. The van der Waals surface area contributed by atoms with Gasteiger partial charge in [-0.3, -0.25) is 14.4 Å². The van der Waals surface area contributed by atoms with Gasteiger partial charge >= 0.3 is 0 Å². The van der Waals surface area contributed by atoms with E-state index in [2.05, 4.69) is 27.7 Å². The van der Waals surface area contributed by atoms with Crippen LogP contribution in [0.2, 0.25) is 0 Å². The van der Waals surface area contributed by atoms with Crippen LogP contribution in [0, 0.1) is 11.8 Å². The fourth-order valence-corrected chi connectivity index (χ4v) is 3.57. The SMILES string of the molecule is CC(C)CN(CC(C)C)C(=O)CN1C(=O)CN(C)C(=O)[C@@H]1Cc1ccccc1. The van der Waals surface area contributed by atoms with Crippen LogP contribution in [0.5, 0.6) is 0 Å². The van der Waals surface area contributed by atoms with E-state index in [0.29, 0.717) is 31.3 Å². The van der Waals surface area contributed by atoms with Crippen LogP contribution in [0.3, 0.4) is 0 Å². The summed E-state index contributed by atoms with van der Waals surface area (Å²) < 4.78 is 0. The van der Waals surface area contributed by atoms with E-state index in [9.17, 15) is 14.4 Å². The molecule has 1 aliphatic rings. The molecule has 154 valence electrons. The monoisotopic (exact) mass is 387 g/mol. The summed E-state index contributed by atoms with van der Waals surface area (Å²) in [6.07, 6.45) is 0.414. The predicted molar refractivity (Wildman–Crippen MR) is 110 cm³/mol. The fraction of sp³-hybridized carbons (Fsp3) is 0.591. The van der Waals surface area contributed by atoms with E-state index in [1.165, 1.54) is 9.80 Å². The average Bonchev–Trinajstić information content (AvgIpc) is 2.62. The number of carbonyl (C=O) groups is 3. The van der Waals surface area contributed by atoms with Gasteiger partial charge in [-0.1, -0.05) is 58.0 Å². The first-order valence-electron chi connectivity index (χ1n) is 10.0. The van der Waals surface area contributed by atoms with Crippen molar-refractivity contribution >= 4 is 17.7 Å². The van der Waals surface area contributed by atoms with Crippen molar-refractivity contribution in [1.82, 2.24) is 14.7 Å². The molecule has 3 amide bonds. The van der Waals surface area contributed by atoms with Crippen LogP contribution >= 0.6 is 0 Å². The molecule has 0 N–H and O–H groups in total. The summed E-state index contributed by atoms with van der Waals surface area (Å²) in [4.78, 5) is 43.3. The topological polar surface area (TPSA) is 60.9 Å². The Labute approximate surface area is 168 Å². The Hall–Kier alpha value is -2.37. The number of amides is 3. The predicted octanol–water partition coefficient (Wildman–Crippen LogP) is 2.04. The molecule has 1 aromatic rings. The fourth-order valence-electron chi connectivity index (χ4n) is 3.57. The summed E-state index contributed by atoms with van der Waals surface area (Å²) in [5.74, 6) is 0.299. The highest BCUT2D eigenvalue weighted by Crippen LogP contribution is 2.17. The molecule has 0 bridgehead atoms. The van der Waals surface area contributed by atoms with Crippen LogP contribution < -0.4 is 0 Å². The van der Waals surface area contributed by atoms with Crippen LogP contribution in [0.25, 0.3) is 0 Å². The van der Waals surface area contributed by atoms with Gasteiger partial charge in [-0.15, -0.1) is 0 Å². The van der Waals surface area contributed by atoms with Crippen LogP contribution in [-0.2, 0) is 20.8 Å². The van der Waals surface area contributed by atoms with Crippen LogP contribution in [0.4, 0.5) is 0 Å². The van der Waals surface area contributed by atoms with Crippen molar-refractivity contribution in [1.29, 1.82) is 0 Å². The lowest BCUT2D eigenvalue weighted by Crippen LogP contribution is -2.61. The van der Waals surface area contributed by atoms with Gasteiger partial charge in [-0.2, -0.15) is 0 Å².